The van der Waals surface area contributed by atoms with Crippen molar-refractivity contribution in [3.05, 3.63) is 53.6 Å². The molecule has 4 aliphatic heterocycles. The second kappa shape index (κ2) is 9.08. The third-order valence-corrected chi connectivity index (χ3v) is 7.83. The number of aliphatic hydroxyl groups is 1. The molecule has 1 N–H and O–H groups in total. The average Bonchev–Trinajstić information content (AvgIpc) is 3.08. The lowest BCUT2D eigenvalue weighted by Crippen LogP contribution is -2.56. The van der Waals surface area contributed by atoms with Crippen LogP contribution < -0.4 is 4.90 Å². The number of amides is 2. The number of cyclic esters (lactones) is 1. The Kier molecular flexibility index (Phi) is 6.23. The summed E-state index contributed by atoms with van der Waals surface area (Å²) < 4.78 is 12.0. The maximum absolute atomic E-state index is 14.2. The maximum Gasteiger partial charge on any atom is 0.313 e. The number of ether oxygens (including phenoxy) is 2. The smallest absolute Gasteiger partial charge is 0.313 e. The SMILES string of the molecule is C[C@@]12C=CCOC(=O)[C@@H]1[C@H]1C(=O)N(CCCCCO)C3C(=O)N(c4ccccc4Cl)CC=C[C@@]31O2. The third kappa shape index (κ3) is 3.70. The number of aliphatic hydroxyl groups excluding tert-OH is 1. The number of likely N-dealkylation sites (tertiary alicyclic amines) is 1. The van der Waals surface area contributed by atoms with Crippen molar-refractivity contribution in [3.8, 4) is 0 Å². The summed E-state index contributed by atoms with van der Waals surface area (Å²) >= 11 is 6.45. The molecule has 1 aromatic rings. The van der Waals surface area contributed by atoms with Crippen LogP contribution in [0.25, 0.3) is 0 Å². The van der Waals surface area contributed by atoms with E-state index in [1.165, 1.54) is 0 Å². The van der Waals surface area contributed by atoms with Gasteiger partial charge in [0.2, 0.25) is 5.91 Å². The lowest BCUT2D eigenvalue weighted by Gasteiger charge is -2.37. The second-order valence-electron chi connectivity index (χ2n) is 9.65. The van der Waals surface area contributed by atoms with E-state index >= 15 is 0 Å². The molecule has 2 fully saturated rings. The van der Waals surface area contributed by atoms with Crippen molar-refractivity contribution >= 4 is 35.1 Å². The molecule has 8 nitrogen and oxygen atoms in total. The Morgan fingerprint density at radius 3 is 2.63 bits per heavy atom. The normalized spacial score (nSPS) is 33.8. The Hall–Kier alpha value is -2.68. The van der Waals surface area contributed by atoms with Crippen LogP contribution in [0.2, 0.25) is 5.02 Å². The van der Waals surface area contributed by atoms with Crippen molar-refractivity contribution in [1.29, 1.82) is 0 Å². The van der Waals surface area contributed by atoms with Crippen molar-refractivity contribution in [2.24, 2.45) is 11.8 Å². The van der Waals surface area contributed by atoms with Crippen LogP contribution in [-0.4, -0.2) is 71.3 Å². The number of para-hydroxylation sites is 1. The van der Waals surface area contributed by atoms with Crippen LogP contribution >= 0.6 is 11.6 Å². The summed E-state index contributed by atoms with van der Waals surface area (Å²) in [6.45, 7) is 2.53. The summed E-state index contributed by atoms with van der Waals surface area (Å²) in [7, 11) is 0. The number of halogens is 1. The van der Waals surface area contributed by atoms with Crippen LogP contribution in [0, 0.1) is 11.8 Å². The van der Waals surface area contributed by atoms with Gasteiger partial charge in [-0.25, -0.2) is 0 Å². The van der Waals surface area contributed by atoms with E-state index in [-0.39, 0.29) is 31.6 Å². The summed E-state index contributed by atoms with van der Waals surface area (Å²) in [4.78, 5) is 44.4. The zero-order chi connectivity index (χ0) is 24.8. The van der Waals surface area contributed by atoms with Crippen LogP contribution in [-0.2, 0) is 23.9 Å². The molecule has 1 unspecified atom stereocenters. The molecule has 2 amide bonds. The number of anilines is 1. The standard InChI is InChI=1S/C26H29ClN2O6/c1-25-11-8-16-34-24(33)20(25)19-22(31)29(13-5-2-6-15-30)21-23(32)28(14-7-12-26(19,21)35-25)18-10-4-3-9-17(18)27/h3-4,7-12,19-21,30H,2,5-6,13-16H2,1H3/t19-,20-,21?,25+,26-/m0/s1. The second-order valence-corrected chi connectivity index (χ2v) is 10.1. The summed E-state index contributed by atoms with van der Waals surface area (Å²) in [5.41, 5.74) is -1.85. The molecular weight excluding hydrogens is 472 g/mol. The molecule has 0 bridgehead atoms. The molecule has 4 aliphatic rings. The largest absolute Gasteiger partial charge is 0.461 e. The van der Waals surface area contributed by atoms with Crippen LogP contribution in [0.3, 0.4) is 0 Å². The van der Waals surface area contributed by atoms with Gasteiger partial charge < -0.3 is 24.4 Å². The zero-order valence-corrected chi connectivity index (χ0v) is 20.3. The lowest BCUT2D eigenvalue weighted by molar-refractivity contribution is -0.156. The van der Waals surface area contributed by atoms with Gasteiger partial charge in [-0.3, -0.25) is 14.4 Å². The fourth-order valence-electron chi connectivity index (χ4n) is 6.05. The monoisotopic (exact) mass is 500 g/mol. The number of unbranched alkanes of at least 4 members (excludes halogenated alkanes) is 2. The summed E-state index contributed by atoms with van der Waals surface area (Å²) in [6.07, 6.45) is 9.04. The number of benzene rings is 1. The minimum absolute atomic E-state index is 0.0631. The minimum atomic E-state index is -1.32. The van der Waals surface area contributed by atoms with Crippen molar-refractivity contribution in [2.75, 3.05) is 31.2 Å². The highest BCUT2D eigenvalue weighted by Gasteiger charge is 2.74. The fourth-order valence-corrected chi connectivity index (χ4v) is 6.29. The number of carbonyl (C=O) groups is 3. The Labute approximate surface area is 209 Å². The molecular formula is C26H29ClN2O6. The van der Waals surface area contributed by atoms with Crippen molar-refractivity contribution in [1.82, 2.24) is 4.90 Å². The van der Waals surface area contributed by atoms with E-state index in [0.717, 1.165) is 0 Å². The molecule has 1 aromatic carbocycles. The highest BCUT2D eigenvalue weighted by Crippen LogP contribution is 2.57. The molecule has 5 atom stereocenters. The van der Waals surface area contributed by atoms with Crippen LogP contribution in [0.15, 0.2) is 48.6 Å². The van der Waals surface area contributed by atoms with Gasteiger partial charge in [-0.15, -0.1) is 0 Å². The fraction of sp³-hybridized carbons (Fsp3) is 0.500. The molecule has 2 saturated heterocycles. The molecule has 0 saturated carbocycles. The van der Waals surface area contributed by atoms with Gasteiger partial charge in [0.15, 0.2) is 0 Å². The third-order valence-electron chi connectivity index (χ3n) is 7.51. The molecule has 5 rings (SSSR count). The van der Waals surface area contributed by atoms with E-state index in [0.29, 0.717) is 36.5 Å². The highest BCUT2D eigenvalue weighted by molar-refractivity contribution is 6.34. The first kappa shape index (κ1) is 24.0. The molecule has 35 heavy (non-hydrogen) atoms. The van der Waals surface area contributed by atoms with Crippen molar-refractivity contribution in [3.63, 3.8) is 0 Å². The van der Waals surface area contributed by atoms with E-state index < -0.39 is 35.0 Å². The van der Waals surface area contributed by atoms with Gasteiger partial charge in [0.25, 0.3) is 5.91 Å². The molecule has 0 radical (unpaired) electrons. The summed E-state index contributed by atoms with van der Waals surface area (Å²) in [5.74, 6) is -2.86. The number of fused-ring (bicyclic) bond motifs is 2. The Bertz CT molecular complexity index is 1110. The predicted molar refractivity (Wildman–Crippen MR) is 129 cm³/mol. The van der Waals surface area contributed by atoms with Gasteiger partial charge in [-0.05, 0) is 44.4 Å². The van der Waals surface area contributed by atoms with Gasteiger partial charge in [-0.2, -0.15) is 0 Å². The van der Waals surface area contributed by atoms with Crippen molar-refractivity contribution < 1.29 is 29.0 Å². The first-order valence-corrected chi connectivity index (χ1v) is 12.4. The average molecular weight is 501 g/mol. The first-order valence-electron chi connectivity index (χ1n) is 12.0. The van der Waals surface area contributed by atoms with E-state index in [1.54, 1.807) is 59.2 Å². The van der Waals surface area contributed by atoms with Gasteiger partial charge in [0.05, 0.1) is 22.2 Å². The number of rotatable bonds is 6. The quantitative estimate of drug-likeness (QED) is 0.366. The van der Waals surface area contributed by atoms with Crippen molar-refractivity contribution in [2.45, 2.75) is 43.4 Å². The Morgan fingerprint density at radius 1 is 1.06 bits per heavy atom. The predicted octanol–water partition coefficient (Wildman–Crippen LogP) is 2.49. The van der Waals surface area contributed by atoms with Crippen LogP contribution in [0.1, 0.15) is 26.2 Å². The summed E-state index contributed by atoms with van der Waals surface area (Å²) in [5, 5.41) is 9.59. The van der Waals surface area contributed by atoms with E-state index in [2.05, 4.69) is 0 Å². The number of nitrogens with zero attached hydrogens (tertiary/aromatic N) is 2. The molecule has 1 spiro atoms. The molecule has 4 heterocycles. The van der Waals surface area contributed by atoms with Crippen LogP contribution in [0.4, 0.5) is 5.69 Å². The Morgan fingerprint density at radius 2 is 1.86 bits per heavy atom. The number of esters is 1. The topological polar surface area (TPSA) is 96.4 Å². The van der Waals surface area contributed by atoms with Crippen LogP contribution in [0.5, 0.6) is 0 Å². The summed E-state index contributed by atoms with van der Waals surface area (Å²) in [6, 6.07) is 6.12. The number of hydrogen-bond donors (Lipinski definition) is 1. The van der Waals surface area contributed by atoms with Gasteiger partial charge in [0, 0.05) is 19.7 Å². The minimum Gasteiger partial charge on any atom is -0.461 e. The first-order chi connectivity index (χ1) is 16.8. The van der Waals surface area contributed by atoms with E-state index in [9.17, 15) is 14.4 Å². The van der Waals surface area contributed by atoms with E-state index in [4.69, 9.17) is 26.2 Å². The molecule has 0 aliphatic carbocycles. The Balaban J connectivity index is 1.60. The van der Waals surface area contributed by atoms with Gasteiger partial charge >= 0.3 is 5.97 Å². The highest BCUT2D eigenvalue weighted by atomic mass is 35.5. The van der Waals surface area contributed by atoms with Gasteiger partial charge in [0.1, 0.15) is 24.2 Å². The molecule has 186 valence electrons. The van der Waals surface area contributed by atoms with Gasteiger partial charge in [-0.1, -0.05) is 42.0 Å². The van der Waals surface area contributed by atoms with E-state index in [1.807, 2.05) is 6.08 Å². The lowest BCUT2D eigenvalue weighted by atomic mass is 9.75. The molecule has 9 heteroatoms. The number of carbonyl (C=O) groups excluding carboxylic acids is 3. The number of hydrogen-bond acceptors (Lipinski definition) is 6. The maximum atomic E-state index is 14.2. The molecule has 0 aromatic heterocycles. The zero-order valence-electron chi connectivity index (χ0n) is 19.6.